The molecule has 3 nitrogen and oxygen atoms in total. The molecule has 0 saturated carbocycles. The Bertz CT molecular complexity index is 262. The zero-order valence-corrected chi connectivity index (χ0v) is 7.82. The molecule has 1 atom stereocenters. The monoisotopic (exact) mass is 182 g/mol. The van der Waals surface area contributed by atoms with E-state index in [2.05, 4.69) is 0 Å². The number of hydrogen-bond donors (Lipinski definition) is 2. The quantitative estimate of drug-likeness (QED) is 0.739. The molecule has 0 fully saturated rings. The van der Waals surface area contributed by atoms with Crippen LogP contribution in [-0.2, 0) is 10.3 Å². The highest BCUT2D eigenvalue weighted by molar-refractivity contribution is 5.29. The first kappa shape index (κ1) is 10.0. The number of aliphatic hydroxyl groups is 1. The second-order valence-corrected chi connectivity index (χ2v) is 3.14. The molecule has 0 spiro atoms. The number of methoxy groups -OCH3 is 1. The normalized spacial score (nSPS) is 15.3. The van der Waals surface area contributed by atoms with E-state index in [1.165, 1.54) is 0 Å². The summed E-state index contributed by atoms with van der Waals surface area (Å²) in [4.78, 5) is 0. The largest absolute Gasteiger partial charge is 0.508 e. The van der Waals surface area contributed by atoms with Gasteiger partial charge in [-0.1, -0.05) is 12.1 Å². The number of rotatable bonds is 3. The van der Waals surface area contributed by atoms with E-state index >= 15 is 0 Å². The third kappa shape index (κ3) is 1.99. The molecular weight excluding hydrogens is 168 g/mol. The molecule has 0 aliphatic heterocycles. The van der Waals surface area contributed by atoms with Gasteiger partial charge in [-0.2, -0.15) is 0 Å². The van der Waals surface area contributed by atoms with Crippen LogP contribution >= 0.6 is 0 Å². The Kier molecular flexibility index (Phi) is 2.90. The lowest BCUT2D eigenvalue weighted by atomic mass is 9.97. The van der Waals surface area contributed by atoms with Crippen LogP contribution in [0, 0.1) is 0 Å². The Morgan fingerprint density at radius 2 is 1.85 bits per heavy atom. The van der Waals surface area contributed by atoms with E-state index in [1.807, 2.05) is 0 Å². The topological polar surface area (TPSA) is 49.7 Å². The summed E-state index contributed by atoms with van der Waals surface area (Å²) >= 11 is 0. The zero-order chi connectivity index (χ0) is 9.90. The molecule has 0 amide bonds. The minimum atomic E-state index is -0.687. The number of aliphatic hydroxyl groups excluding tert-OH is 1. The van der Waals surface area contributed by atoms with E-state index in [-0.39, 0.29) is 12.4 Å². The van der Waals surface area contributed by atoms with Gasteiger partial charge < -0.3 is 14.9 Å². The number of phenols is 1. The van der Waals surface area contributed by atoms with Crippen molar-refractivity contribution < 1.29 is 14.9 Å². The van der Waals surface area contributed by atoms with Gasteiger partial charge in [0.15, 0.2) is 0 Å². The highest BCUT2D eigenvalue weighted by Crippen LogP contribution is 2.25. The highest BCUT2D eigenvalue weighted by Gasteiger charge is 2.24. The minimum absolute atomic E-state index is 0.0890. The molecular formula is C10H14O3. The summed E-state index contributed by atoms with van der Waals surface area (Å²) in [5.74, 6) is 0.208. The van der Waals surface area contributed by atoms with Crippen molar-refractivity contribution in [3.05, 3.63) is 29.8 Å². The number of hydrogen-bond acceptors (Lipinski definition) is 3. The third-order valence-corrected chi connectivity index (χ3v) is 2.23. The molecule has 1 aromatic carbocycles. The predicted molar refractivity (Wildman–Crippen MR) is 49.6 cm³/mol. The van der Waals surface area contributed by atoms with Crippen LogP contribution in [0.15, 0.2) is 24.3 Å². The van der Waals surface area contributed by atoms with E-state index in [9.17, 15) is 0 Å². The standard InChI is InChI=1S/C10H14O3/c1-10(7-11,13-2)8-3-5-9(12)6-4-8/h3-6,11-12H,7H2,1-2H3. The van der Waals surface area contributed by atoms with Gasteiger partial charge in [0, 0.05) is 7.11 Å². The molecule has 0 bridgehead atoms. The first-order valence-corrected chi connectivity index (χ1v) is 4.08. The Morgan fingerprint density at radius 3 is 2.23 bits per heavy atom. The van der Waals surface area contributed by atoms with Gasteiger partial charge in [0.25, 0.3) is 0 Å². The second kappa shape index (κ2) is 3.77. The molecule has 0 aromatic heterocycles. The second-order valence-electron chi connectivity index (χ2n) is 3.14. The van der Waals surface area contributed by atoms with Gasteiger partial charge in [-0.25, -0.2) is 0 Å². The lowest BCUT2D eigenvalue weighted by Gasteiger charge is -2.26. The van der Waals surface area contributed by atoms with Crippen LogP contribution in [0.5, 0.6) is 5.75 Å². The van der Waals surface area contributed by atoms with Crippen molar-refractivity contribution >= 4 is 0 Å². The summed E-state index contributed by atoms with van der Waals surface area (Å²) in [6, 6.07) is 6.61. The van der Waals surface area contributed by atoms with Crippen LogP contribution in [0.1, 0.15) is 12.5 Å². The van der Waals surface area contributed by atoms with Gasteiger partial charge in [0.05, 0.1) is 6.61 Å². The Morgan fingerprint density at radius 1 is 1.31 bits per heavy atom. The maximum Gasteiger partial charge on any atom is 0.115 e. The fraction of sp³-hybridized carbons (Fsp3) is 0.400. The van der Waals surface area contributed by atoms with Crippen LogP contribution in [0.2, 0.25) is 0 Å². The number of phenolic OH excluding ortho intramolecular Hbond substituents is 1. The van der Waals surface area contributed by atoms with Crippen molar-refractivity contribution in [2.24, 2.45) is 0 Å². The maximum atomic E-state index is 9.12. The summed E-state index contributed by atoms with van der Waals surface area (Å²) < 4.78 is 5.18. The number of benzene rings is 1. The molecule has 1 unspecified atom stereocenters. The first-order chi connectivity index (χ1) is 6.12. The molecule has 13 heavy (non-hydrogen) atoms. The zero-order valence-electron chi connectivity index (χ0n) is 7.82. The predicted octanol–water partition coefficient (Wildman–Crippen LogP) is 1.25. The van der Waals surface area contributed by atoms with Crippen LogP contribution in [0.25, 0.3) is 0 Å². The fourth-order valence-electron chi connectivity index (χ4n) is 1.09. The number of aromatic hydroxyl groups is 1. The number of ether oxygens (including phenoxy) is 1. The SMILES string of the molecule is COC(C)(CO)c1ccc(O)cc1. The van der Waals surface area contributed by atoms with Crippen molar-refractivity contribution in [3.8, 4) is 5.75 Å². The first-order valence-electron chi connectivity index (χ1n) is 4.08. The summed E-state index contributed by atoms with van der Waals surface area (Å²) in [5, 5.41) is 18.2. The van der Waals surface area contributed by atoms with Crippen LogP contribution < -0.4 is 0 Å². The van der Waals surface area contributed by atoms with E-state index in [4.69, 9.17) is 14.9 Å². The van der Waals surface area contributed by atoms with Gasteiger partial charge in [0.2, 0.25) is 0 Å². The Balaban J connectivity index is 2.99. The smallest absolute Gasteiger partial charge is 0.115 e. The van der Waals surface area contributed by atoms with Gasteiger partial charge in [-0.05, 0) is 24.6 Å². The molecule has 0 radical (unpaired) electrons. The van der Waals surface area contributed by atoms with Crippen molar-refractivity contribution in [2.45, 2.75) is 12.5 Å². The molecule has 0 aliphatic carbocycles. The van der Waals surface area contributed by atoms with E-state index in [1.54, 1.807) is 38.3 Å². The van der Waals surface area contributed by atoms with Crippen molar-refractivity contribution in [1.82, 2.24) is 0 Å². The molecule has 1 aromatic rings. The lowest BCUT2D eigenvalue weighted by molar-refractivity contribution is -0.0422. The van der Waals surface area contributed by atoms with E-state index < -0.39 is 5.60 Å². The van der Waals surface area contributed by atoms with Gasteiger partial charge >= 0.3 is 0 Å². The lowest BCUT2D eigenvalue weighted by Crippen LogP contribution is -2.28. The summed E-state index contributed by atoms with van der Waals surface area (Å²) in [7, 11) is 1.54. The van der Waals surface area contributed by atoms with Gasteiger partial charge in [0.1, 0.15) is 11.4 Å². The third-order valence-electron chi connectivity index (χ3n) is 2.23. The van der Waals surface area contributed by atoms with E-state index in [0.717, 1.165) is 5.56 Å². The van der Waals surface area contributed by atoms with Crippen LogP contribution in [0.4, 0.5) is 0 Å². The Labute approximate surface area is 77.6 Å². The fourth-order valence-corrected chi connectivity index (χ4v) is 1.09. The van der Waals surface area contributed by atoms with Gasteiger partial charge in [-0.3, -0.25) is 0 Å². The molecule has 2 N–H and O–H groups in total. The molecule has 1 rings (SSSR count). The molecule has 0 saturated heterocycles. The van der Waals surface area contributed by atoms with Crippen molar-refractivity contribution in [1.29, 1.82) is 0 Å². The molecule has 0 aliphatic rings. The summed E-state index contributed by atoms with van der Waals surface area (Å²) in [6.45, 7) is 1.70. The van der Waals surface area contributed by atoms with E-state index in [0.29, 0.717) is 0 Å². The van der Waals surface area contributed by atoms with Crippen molar-refractivity contribution in [2.75, 3.05) is 13.7 Å². The van der Waals surface area contributed by atoms with Crippen LogP contribution in [-0.4, -0.2) is 23.9 Å². The minimum Gasteiger partial charge on any atom is -0.508 e. The summed E-state index contributed by atoms with van der Waals surface area (Å²) in [6.07, 6.45) is 0. The summed E-state index contributed by atoms with van der Waals surface area (Å²) in [5.41, 5.74) is 0.156. The average molecular weight is 182 g/mol. The molecule has 72 valence electrons. The molecule has 3 heteroatoms. The average Bonchev–Trinajstić information content (AvgIpc) is 2.18. The van der Waals surface area contributed by atoms with Gasteiger partial charge in [-0.15, -0.1) is 0 Å². The Hall–Kier alpha value is -1.06. The van der Waals surface area contributed by atoms with Crippen molar-refractivity contribution in [3.63, 3.8) is 0 Å². The molecule has 0 heterocycles. The van der Waals surface area contributed by atoms with Crippen LogP contribution in [0.3, 0.4) is 0 Å². The highest BCUT2D eigenvalue weighted by atomic mass is 16.5. The maximum absolute atomic E-state index is 9.12.